The van der Waals surface area contributed by atoms with Gasteiger partial charge in [0.2, 0.25) is 0 Å². The lowest BCUT2D eigenvalue weighted by atomic mass is 10.0. The van der Waals surface area contributed by atoms with Gasteiger partial charge in [-0.15, -0.1) is 23.2 Å². The van der Waals surface area contributed by atoms with Crippen molar-refractivity contribution in [3.8, 4) is 0 Å². The highest BCUT2D eigenvalue weighted by Crippen LogP contribution is 2.00. The molecule has 0 saturated heterocycles. The van der Waals surface area contributed by atoms with Gasteiger partial charge in [-0.05, 0) is 0 Å². The van der Waals surface area contributed by atoms with Crippen molar-refractivity contribution in [3.63, 3.8) is 0 Å². The van der Waals surface area contributed by atoms with Crippen molar-refractivity contribution in [1.82, 2.24) is 0 Å². The third-order valence-electron chi connectivity index (χ3n) is 0.610. The Labute approximate surface area is 49.2 Å². The Morgan fingerprint density at radius 2 is 2.17 bits per heavy atom. The van der Waals surface area contributed by atoms with Gasteiger partial charge in [0.25, 0.3) is 0 Å². The Morgan fingerprint density at radius 1 is 1.67 bits per heavy atom. The van der Waals surface area contributed by atoms with Crippen LogP contribution in [0, 0.1) is 0 Å². The lowest BCUT2D eigenvalue weighted by Crippen LogP contribution is -1.96. The Kier molecular flexibility index (Phi) is 4.23. The highest BCUT2D eigenvalue weighted by atomic mass is 35.5. The first-order valence-corrected chi connectivity index (χ1v) is 2.98. The van der Waals surface area contributed by atoms with Crippen LogP contribution in [0.15, 0.2) is 0 Å². The zero-order valence-electron chi connectivity index (χ0n) is 3.75. The molecule has 1 unspecified atom stereocenters. The summed E-state index contributed by atoms with van der Waals surface area (Å²) in [6.45, 7) is 0. The van der Waals surface area contributed by atoms with Gasteiger partial charge in [-0.2, -0.15) is 0 Å². The molecule has 0 spiro atoms. The smallest absolute Gasteiger partial charge is 0.103 e. The summed E-state index contributed by atoms with van der Waals surface area (Å²) in [4.78, 5) is 0. The van der Waals surface area contributed by atoms with Crippen LogP contribution < -0.4 is 0 Å². The van der Waals surface area contributed by atoms with E-state index in [2.05, 4.69) is 0 Å². The van der Waals surface area contributed by atoms with Crippen LogP contribution in [-0.2, 0) is 0 Å². The van der Waals surface area contributed by atoms with E-state index in [1.807, 2.05) is 7.85 Å². The molecular formula is C3H7BCl2. The first-order valence-electron chi connectivity index (χ1n) is 2.01. The molecule has 3 heteroatoms. The Balaban J connectivity index is 2.75. The van der Waals surface area contributed by atoms with Crippen LogP contribution in [0.1, 0.15) is 0 Å². The van der Waals surface area contributed by atoms with E-state index in [1.165, 1.54) is 0 Å². The minimum atomic E-state index is 0.173. The standard InChI is InChI=1S/C3H7BCl2/c4-1-3(6)2-5/h3H,1-2,4H2. The van der Waals surface area contributed by atoms with Crippen LogP contribution in [0.25, 0.3) is 0 Å². The van der Waals surface area contributed by atoms with E-state index in [9.17, 15) is 0 Å². The summed E-state index contributed by atoms with van der Waals surface area (Å²) in [6, 6.07) is 0. The lowest BCUT2D eigenvalue weighted by Gasteiger charge is -1.94. The summed E-state index contributed by atoms with van der Waals surface area (Å²) in [5.41, 5.74) is 0. The molecule has 0 radical (unpaired) electrons. The highest BCUT2D eigenvalue weighted by molar-refractivity contribution is 6.30. The number of alkyl halides is 2. The number of hydrogen-bond acceptors (Lipinski definition) is 0. The topological polar surface area (TPSA) is 0 Å². The Hall–Kier alpha value is 0.645. The summed E-state index contributed by atoms with van der Waals surface area (Å²) in [5.74, 6) is 0.568. The summed E-state index contributed by atoms with van der Waals surface area (Å²) in [7, 11) is 2.01. The molecule has 0 bridgehead atoms. The van der Waals surface area contributed by atoms with Crippen LogP contribution in [-0.4, -0.2) is 19.1 Å². The fraction of sp³-hybridized carbons (Fsp3) is 1.00. The molecule has 0 rings (SSSR count). The van der Waals surface area contributed by atoms with Crippen molar-refractivity contribution >= 4 is 31.0 Å². The molecule has 0 N–H and O–H groups in total. The lowest BCUT2D eigenvalue weighted by molar-refractivity contribution is 1.10. The third kappa shape index (κ3) is 2.86. The SMILES string of the molecule is BCC(Cl)CCl. The van der Waals surface area contributed by atoms with Crippen LogP contribution in [0.3, 0.4) is 0 Å². The van der Waals surface area contributed by atoms with E-state index in [4.69, 9.17) is 23.2 Å². The van der Waals surface area contributed by atoms with Gasteiger partial charge >= 0.3 is 0 Å². The molecule has 0 aliphatic heterocycles. The summed E-state index contributed by atoms with van der Waals surface area (Å²) < 4.78 is 0. The minimum Gasteiger partial charge on any atom is -0.125 e. The monoisotopic (exact) mass is 124 g/mol. The average molecular weight is 125 g/mol. The quantitative estimate of drug-likeness (QED) is 0.379. The second-order valence-electron chi connectivity index (χ2n) is 1.16. The van der Waals surface area contributed by atoms with Crippen LogP contribution in [0.5, 0.6) is 0 Å². The van der Waals surface area contributed by atoms with Crippen molar-refractivity contribution in [2.45, 2.75) is 11.7 Å². The van der Waals surface area contributed by atoms with Crippen molar-refractivity contribution in [2.75, 3.05) is 5.88 Å². The summed E-state index contributed by atoms with van der Waals surface area (Å²) >= 11 is 10.8. The van der Waals surface area contributed by atoms with Crippen LogP contribution in [0.2, 0.25) is 6.32 Å². The van der Waals surface area contributed by atoms with E-state index in [0.29, 0.717) is 5.88 Å². The molecule has 1 atom stereocenters. The molecule has 0 heterocycles. The molecule has 0 aliphatic carbocycles. The summed E-state index contributed by atoms with van der Waals surface area (Å²) in [5, 5.41) is 0.173. The van der Waals surface area contributed by atoms with E-state index in [0.717, 1.165) is 6.32 Å². The summed E-state index contributed by atoms with van der Waals surface area (Å²) in [6.07, 6.45) is 0.963. The molecule has 0 nitrogen and oxygen atoms in total. The number of rotatable bonds is 2. The molecule has 0 aliphatic rings. The van der Waals surface area contributed by atoms with Gasteiger partial charge in [-0.3, -0.25) is 0 Å². The maximum absolute atomic E-state index is 5.52. The molecule has 0 amide bonds. The van der Waals surface area contributed by atoms with Gasteiger partial charge < -0.3 is 0 Å². The van der Waals surface area contributed by atoms with Gasteiger partial charge in [-0.1, -0.05) is 6.32 Å². The zero-order chi connectivity index (χ0) is 4.99. The molecule has 0 aromatic heterocycles. The van der Waals surface area contributed by atoms with Gasteiger partial charge in [-0.25, -0.2) is 0 Å². The second kappa shape index (κ2) is 3.82. The number of hydrogen-bond donors (Lipinski definition) is 0. The molecule has 0 saturated carbocycles. The maximum atomic E-state index is 5.52. The maximum Gasteiger partial charge on any atom is 0.103 e. The predicted molar refractivity (Wildman–Crippen MR) is 33.7 cm³/mol. The Morgan fingerprint density at radius 3 is 2.17 bits per heavy atom. The fourth-order valence-electron chi connectivity index (χ4n) is 0.109. The van der Waals surface area contributed by atoms with Gasteiger partial charge in [0.1, 0.15) is 7.85 Å². The van der Waals surface area contributed by atoms with Crippen molar-refractivity contribution in [2.24, 2.45) is 0 Å². The van der Waals surface area contributed by atoms with Gasteiger partial charge in [0, 0.05) is 11.3 Å². The first-order chi connectivity index (χ1) is 2.81. The largest absolute Gasteiger partial charge is 0.125 e. The highest BCUT2D eigenvalue weighted by Gasteiger charge is 1.93. The van der Waals surface area contributed by atoms with Crippen LogP contribution >= 0.6 is 23.2 Å². The van der Waals surface area contributed by atoms with Gasteiger partial charge in [0.15, 0.2) is 0 Å². The fourth-order valence-corrected chi connectivity index (χ4v) is 0.327. The molecule has 0 fully saturated rings. The van der Waals surface area contributed by atoms with E-state index in [1.54, 1.807) is 0 Å². The number of halogens is 2. The molecule has 0 aromatic rings. The van der Waals surface area contributed by atoms with E-state index >= 15 is 0 Å². The second-order valence-corrected chi connectivity index (χ2v) is 2.09. The zero-order valence-corrected chi connectivity index (χ0v) is 5.26. The van der Waals surface area contributed by atoms with Gasteiger partial charge in [0.05, 0.1) is 0 Å². The first kappa shape index (κ1) is 6.64. The van der Waals surface area contributed by atoms with Crippen molar-refractivity contribution in [3.05, 3.63) is 0 Å². The van der Waals surface area contributed by atoms with Crippen LogP contribution in [0.4, 0.5) is 0 Å². The third-order valence-corrected chi connectivity index (χ3v) is 1.60. The van der Waals surface area contributed by atoms with Crippen molar-refractivity contribution < 1.29 is 0 Å². The molecular weight excluding hydrogens is 118 g/mol. The Bertz CT molecular complexity index is 28.0. The molecule has 36 valence electrons. The normalized spacial score (nSPS) is 14.3. The average Bonchev–Trinajstić information content (AvgIpc) is 1.65. The minimum absolute atomic E-state index is 0.173. The predicted octanol–water partition coefficient (Wildman–Crippen LogP) is 0.884. The van der Waals surface area contributed by atoms with E-state index < -0.39 is 0 Å². The van der Waals surface area contributed by atoms with Crippen molar-refractivity contribution in [1.29, 1.82) is 0 Å². The molecule has 0 aromatic carbocycles. The van der Waals surface area contributed by atoms with E-state index in [-0.39, 0.29) is 5.38 Å². The molecule has 6 heavy (non-hydrogen) atoms.